The van der Waals surface area contributed by atoms with Crippen LogP contribution >= 0.6 is 11.3 Å². The molecule has 0 saturated carbocycles. The molecule has 2 aromatic rings. The number of halogens is 3. The lowest BCUT2D eigenvalue weighted by Gasteiger charge is -2.09. The van der Waals surface area contributed by atoms with E-state index in [1.54, 1.807) is 0 Å². The van der Waals surface area contributed by atoms with Crippen LogP contribution in [0.15, 0.2) is 24.3 Å². The van der Waals surface area contributed by atoms with Gasteiger partial charge in [-0.3, -0.25) is 0 Å². The summed E-state index contributed by atoms with van der Waals surface area (Å²) in [6.45, 7) is 0.0726. The number of alkyl halides is 3. The van der Waals surface area contributed by atoms with E-state index in [2.05, 4.69) is 4.98 Å². The lowest BCUT2D eigenvalue weighted by atomic mass is 10.0. The minimum Gasteiger partial charge on any atom is -0.396 e. The van der Waals surface area contributed by atoms with Gasteiger partial charge in [-0.05, 0) is 31.4 Å². The van der Waals surface area contributed by atoms with Gasteiger partial charge >= 0.3 is 6.18 Å². The Hall–Kier alpha value is -1.40. The van der Waals surface area contributed by atoms with Crippen LogP contribution in [0.2, 0.25) is 0 Å². The van der Waals surface area contributed by atoms with Crippen LogP contribution in [0, 0.1) is 0 Å². The Balaban J connectivity index is 1.93. The zero-order chi connectivity index (χ0) is 15.7. The molecule has 1 heterocycles. The predicted octanol–water partition coefficient (Wildman–Crippen LogP) is 4.63. The Morgan fingerprint density at radius 2 is 1.91 bits per heavy atom. The molecule has 0 saturated heterocycles. The first kappa shape index (κ1) is 15.5. The van der Waals surface area contributed by atoms with E-state index in [4.69, 9.17) is 0 Å². The summed E-state index contributed by atoms with van der Waals surface area (Å²) in [4.78, 5) is 5.76. The van der Waals surface area contributed by atoms with Crippen LogP contribution in [-0.4, -0.2) is 16.7 Å². The molecule has 1 aromatic heterocycles. The minimum absolute atomic E-state index is 0.0527. The Kier molecular flexibility index (Phi) is 4.23. The van der Waals surface area contributed by atoms with E-state index in [0.717, 1.165) is 53.4 Å². The third kappa shape index (κ3) is 3.03. The highest BCUT2D eigenvalue weighted by molar-refractivity contribution is 7.15. The third-order valence-electron chi connectivity index (χ3n) is 4.00. The number of rotatable bonds is 2. The first-order valence-corrected chi connectivity index (χ1v) is 8.09. The van der Waals surface area contributed by atoms with Gasteiger partial charge in [0.2, 0.25) is 0 Å². The van der Waals surface area contributed by atoms with Gasteiger partial charge in [0.05, 0.1) is 17.9 Å². The molecule has 1 unspecified atom stereocenters. The van der Waals surface area contributed by atoms with Crippen molar-refractivity contribution in [2.45, 2.75) is 37.8 Å². The summed E-state index contributed by atoms with van der Waals surface area (Å²) in [5.74, 6) is 0.0527. The molecule has 22 heavy (non-hydrogen) atoms. The van der Waals surface area contributed by atoms with Crippen LogP contribution in [0.25, 0.3) is 10.6 Å². The van der Waals surface area contributed by atoms with Crippen molar-refractivity contribution in [3.05, 3.63) is 40.4 Å². The van der Waals surface area contributed by atoms with E-state index in [9.17, 15) is 18.3 Å². The number of benzene rings is 1. The maximum absolute atomic E-state index is 12.6. The Bertz CT molecular complexity index is 648. The van der Waals surface area contributed by atoms with Crippen molar-refractivity contribution in [2.75, 3.05) is 6.61 Å². The molecule has 118 valence electrons. The zero-order valence-electron chi connectivity index (χ0n) is 11.9. The van der Waals surface area contributed by atoms with E-state index in [1.165, 1.54) is 23.5 Å². The second-order valence-electron chi connectivity index (χ2n) is 5.53. The summed E-state index contributed by atoms with van der Waals surface area (Å²) in [6.07, 6.45) is -0.327. The molecule has 0 bridgehead atoms. The maximum Gasteiger partial charge on any atom is 0.416 e. The lowest BCUT2D eigenvalue weighted by molar-refractivity contribution is -0.137. The van der Waals surface area contributed by atoms with E-state index in [1.807, 2.05) is 0 Å². The molecule has 0 aliphatic heterocycles. The molecule has 1 aliphatic rings. The quantitative estimate of drug-likeness (QED) is 0.816. The molecule has 0 amide bonds. The highest BCUT2D eigenvalue weighted by Crippen LogP contribution is 2.38. The second kappa shape index (κ2) is 6.01. The van der Waals surface area contributed by atoms with Gasteiger partial charge in [-0.25, -0.2) is 4.98 Å². The summed E-state index contributed by atoms with van der Waals surface area (Å²) in [5.41, 5.74) is 0.977. The Labute approximate surface area is 130 Å². The van der Waals surface area contributed by atoms with E-state index < -0.39 is 11.7 Å². The molecule has 3 rings (SSSR count). The van der Waals surface area contributed by atoms with Crippen molar-refractivity contribution in [3.8, 4) is 10.6 Å². The summed E-state index contributed by atoms with van der Waals surface area (Å²) in [6, 6.07) is 5.11. The molecule has 1 atom stereocenters. The van der Waals surface area contributed by atoms with Gasteiger partial charge in [0.15, 0.2) is 0 Å². The Morgan fingerprint density at radius 1 is 1.18 bits per heavy atom. The average Bonchev–Trinajstić information content (AvgIpc) is 2.82. The monoisotopic (exact) mass is 327 g/mol. The highest BCUT2D eigenvalue weighted by atomic mass is 32.1. The fraction of sp³-hybridized carbons (Fsp3) is 0.438. The molecular formula is C16H16F3NOS. The molecule has 0 fully saturated rings. The number of fused-ring (bicyclic) bond motifs is 1. The van der Waals surface area contributed by atoms with Gasteiger partial charge in [-0.15, -0.1) is 11.3 Å². The van der Waals surface area contributed by atoms with Crippen molar-refractivity contribution < 1.29 is 18.3 Å². The van der Waals surface area contributed by atoms with Gasteiger partial charge in [-0.1, -0.05) is 18.6 Å². The van der Waals surface area contributed by atoms with Gasteiger partial charge < -0.3 is 5.11 Å². The number of nitrogens with zero attached hydrogens (tertiary/aromatic N) is 1. The fourth-order valence-corrected chi connectivity index (χ4v) is 3.97. The fourth-order valence-electron chi connectivity index (χ4n) is 2.78. The summed E-state index contributed by atoms with van der Waals surface area (Å²) in [5, 5.41) is 10.2. The molecule has 1 aromatic carbocycles. The lowest BCUT2D eigenvalue weighted by Crippen LogP contribution is -2.05. The topological polar surface area (TPSA) is 33.1 Å². The average molecular weight is 327 g/mol. The minimum atomic E-state index is -4.32. The van der Waals surface area contributed by atoms with Crippen molar-refractivity contribution in [2.24, 2.45) is 0 Å². The van der Waals surface area contributed by atoms with Crippen LogP contribution in [-0.2, 0) is 12.6 Å². The molecule has 1 aliphatic carbocycles. The zero-order valence-corrected chi connectivity index (χ0v) is 12.7. The van der Waals surface area contributed by atoms with Gasteiger partial charge in [0, 0.05) is 16.4 Å². The van der Waals surface area contributed by atoms with Crippen molar-refractivity contribution in [1.82, 2.24) is 4.98 Å². The second-order valence-corrected chi connectivity index (χ2v) is 6.61. The highest BCUT2D eigenvalue weighted by Gasteiger charge is 2.30. The number of hydrogen-bond donors (Lipinski definition) is 1. The molecule has 2 nitrogen and oxygen atoms in total. The largest absolute Gasteiger partial charge is 0.416 e. The van der Waals surface area contributed by atoms with Gasteiger partial charge in [0.1, 0.15) is 5.01 Å². The molecule has 1 N–H and O–H groups in total. The van der Waals surface area contributed by atoms with Crippen molar-refractivity contribution in [3.63, 3.8) is 0 Å². The number of hydrogen-bond acceptors (Lipinski definition) is 3. The van der Waals surface area contributed by atoms with Crippen LogP contribution < -0.4 is 0 Å². The number of thiazole rings is 1. The van der Waals surface area contributed by atoms with Crippen LogP contribution in [0.4, 0.5) is 13.2 Å². The van der Waals surface area contributed by atoms with Crippen molar-refractivity contribution in [1.29, 1.82) is 0 Å². The third-order valence-corrected chi connectivity index (χ3v) is 5.18. The normalized spacial score (nSPS) is 18.8. The number of aromatic nitrogens is 1. The summed E-state index contributed by atoms with van der Waals surface area (Å²) < 4.78 is 37.8. The van der Waals surface area contributed by atoms with E-state index in [-0.39, 0.29) is 12.5 Å². The van der Waals surface area contributed by atoms with Crippen LogP contribution in [0.3, 0.4) is 0 Å². The van der Waals surface area contributed by atoms with Gasteiger partial charge in [-0.2, -0.15) is 13.2 Å². The number of aryl methyl sites for hydroxylation is 1. The first-order valence-electron chi connectivity index (χ1n) is 7.27. The Morgan fingerprint density at radius 3 is 2.55 bits per heavy atom. The maximum atomic E-state index is 12.6. The van der Waals surface area contributed by atoms with Crippen molar-refractivity contribution >= 4 is 11.3 Å². The predicted molar refractivity (Wildman–Crippen MR) is 79.9 cm³/mol. The molecule has 6 heteroatoms. The molecule has 0 spiro atoms. The van der Waals surface area contributed by atoms with Gasteiger partial charge in [0.25, 0.3) is 0 Å². The number of aliphatic hydroxyl groups is 1. The van der Waals surface area contributed by atoms with Crippen LogP contribution in [0.5, 0.6) is 0 Å². The van der Waals surface area contributed by atoms with E-state index in [0.29, 0.717) is 5.56 Å². The molecular weight excluding hydrogens is 311 g/mol. The SMILES string of the molecule is OCC1CCCCc2sc(-c3ccc(C(F)(F)F)cc3)nc21. The van der Waals surface area contributed by atoms with E-state index >= 15 is 0 Å². The smallest absolute Gasteiger partial charge is 0.396 e. The van der Waals surface area contributed by atoms with Crippen LogP contribution in [0.1, 0.15) is 41.3 Å². The summed E-state index contributed by atoms with van der Waals surface area (Å²) >= 11 is 1.53. The number of aliphatic hydroxyl groups excluding tert-OH is 1. The molecule has 0 radical (unpaired) electrons. The summed E-state index contributed by atoms with van der Waals surface area (Å²) in [7, 11) is 0. The first-order chi connectivity index (χ1) is 10.5. The standard InChI is InChI=1S/C16H16F3NOS/c17-16(18,19)12-7-5-10(6-8-12)15-20-14-11(9-21)3-1-2-4-13(14)22-15/h5-8,11,21H,1-4,9H2.